The Bertz CT molecular complexity index is 578. The van der Waals surface area contributed by atoms with Gasteiger partial charge in [-0.3, -0.25) is 0 Å². The SMILES string of the molecule is CNC(c1ccccc1)(c1ccccc1)c1ccccc1. The Hall–Kier alpha value is -2.38. The summed E-state index contributed by atoms with van der Waals surface area (Å²) in [6, 6.07) is 31.8. The summed E-state index contributed by atoms with van der Waals surface area (Å²) in [6.45, 7) is 0. The number of benzene rings is 3. The second-order valence-electron chi connectivity index (χ2n) is 5.10. The zero-order chi connectivity index (χ0) is 14.5. The lowest BCUT2D eigenvalue weighted by Crippen LogP contribution is -2.42. The van der Waals surface area contributed by atoms with Crippen LogP contribution in [0.15, 0.2) is 91.0 Å². The standard InChI is InChI=1S/C20H19N/c1-21-20(17-11-5-2-6-12-17,18-13-7-3-8-14-18)19-15-9-4-10-16-19/h2-16,21H,1H3. The smallest absolute Gasteiger partial charge is 0.0945 e. The molecule has 0 aliphatic carbocycles. The maximum atomic E-state index is 3.56. The summed E-state index contributed by atoms with van der Waals surface area (Å²) < 4.78 is 0. The summed E-state index contributed by atoms with van der Waals surface area (Å²) in [5.74, 6) is 0. The zero-order valence-electron chi connectivity index (χ0n) is 12.2. The van der Waals surface area contributed by atoms with Crippen LogP contribution in [0.1, 0.15) is 16.7 Å². The van der Waals surface area contributed by atoms with Crippen LogP contribution < -0.4 is 5.32 Å². The summed E-state index contributed by atoms with van der Waals surface area (Å²) in [6.07, 6.45) is 0. The van der Waals surface area contributed by atoms with Crippen LogP contribution >= 0.6 is 0 Å². The van der Waals surface area contributed by atoms with Crippen molar-refractivity contribution in [1.29, 1.82) is 0 Å². The van der Waals surface area contributed by atoms with Crippen molar-refractivity contribution >= 4 is 0 Å². The largest absolute Gasteiger partial charge is 0.303 e. The molecule has 0 atom stereocenters. The minimum Gasteiger partial charge on any atom is -0.303 e. The first-order chi connectivity index (χ1) is 10.4. The van der Waals surface area contributed by atoms with Gasteiger partial charge in [-0.15, -0.1) is 0 Å². The van der Waals surface area contributed by atoms with Crippen LogP contribution in [0, 0.1) is 0 Å². The van der Waals surface area contributed by atoms with Gasteiger partial charge >= 0.3 is 0 Å². The Morgan fingerprint density at radius 1 is 0.524 bits per heavy atom. The van der Waals surface area contributed by atoms with Crippen molar-refractivity contribution in [2.24, 2.45) is 0 Å². The highest BCUT2D eigenvalue weighted by molar-refractivity contribution is 5.49. The van der Waals surface area contributed by atoms with Gasteiger partial charge in [0.25, 0.3) is 0 Å². The van der Waals surface area contributed by atoms with Crippen LogP contribution in [0.4, 0.5) is 0 Å². The zero-order valence-corrected chi connectivity index (χ0v) is 12.2. The third kappa shape index (κ3) is 2.37. The van der Waals surface area contributed by atoms with Gasteiger partial charge in [0.2, 0.25) is 0 Å². The molecule has 0 bridgehead atoms. The minimum absolute atomic E-state index is 0.330. The molecule has 0 aromatic heterocycles. The predicted molar refractivity (Wildman–Crippen MR) is 88.3 cm³/mol. The maximum Gasteiger partial charge on any atom is 0.0945 e. The van der Waals surface area contributed by atoms with Gasteiger partial charge in [0, 0.05) is 0 Å². The highest BCUT2D eigenvalue weighted by atomic mass is 14.9. The Labute approximate surface area is 126 Å². The lowest BCUT2D eigenvalue weighted by atomic mass is 9.77. The van der Waals surface area contributed by atoms with Crippen LogP contribution in [0.3, 0.4) is 0 Å². The Morgan fingerprint density at radius 2 is 0.810 bits per heavy atom. The Morgan fingerprint density at radius 3 is 1.05 bits per heavy atom. The third-order valence-corrected chi connectivity index (χ3v) is 4.00. The van der Waals surface area contributed by atoms with Crippen molar-refractivity contribution < 1.29 is 0 Å². The van der Waals surface area contributed by atoms with Gasteiger partial charge in [-0.2, -0.15) is 0 Å². The molecular weight excluding hydrogens is 254 g/mol. The average molecular weight is 273 g/mol. The number of nitrogens with one attached hydrogen (secondary N) is 1. The van der Waals surface area contributed by atoms with Gasteiger partial charge in [0.15, 0.2) is 0 Å². The Kier molecular flexibility index (Phi) is 3.85. The van der Waals surface area contributed by atoms with Crippen LogP contribution in [0.25, 0.3) is 0 Å². The van der Waals surface area contributed by atoms with E-state index in [0.29, 0.717) is 0 Å². The maximum absolute atomic E-state index is 3.56. The fourth-order valence-corrected chi connectivity index (χ4v) is 3.00. The molecule has 1 N–H and O–H groups in total. The third-order valence-electron chi connectivity index (χ3n) is 4.00. The van der Waals surface area contributed by atoms with Gasteiger partial charge in [-0.1, -0.05) is 91.0 Å². The van der Waals surface area contributed by atoms with Crippen molar-refractivity contribution in [1.82, 2.24) is 5.32 Å². The second-order valence-corrected chi connectivity index (χ2v) is 5.10. The van der Waals surface area contributed by atoms with Crippen molar-refractivity contribution in [2.75, 3.05) is 7.05 Å². The van der Waals surface area contributed by atoms with Crippen molar-refractivity contribution in [3.05, 3.63) is 108 Å². The molecule has 3 rings (SSSR count). The van der Waals surface area contributed by atoms with E-state index in [9.17, 15) is 0 Å². The molecule has 0 saturated heterocycles. The van der Waals surface area contributed by atoms with Gasteiger partial charge in [0.1, 0.15) is 0 Å². The van der Waals surface area contributed by atoms with Crippen LogP contribution in [-0.2, 0) is 5.54 Å². The van der Waals surface area contributed by atoms with Gasteiger partial charge in [-0.05, 0) is 23.7 Å². The molecule has 0 heterocycles. The Balaban J connectivity index is 2.29. The quantitative estimate of drug-likeness (QED) is 0.703. The van der Waals surface area contributed by atoms with Gasteiger partial charge < -0.3 is 5.32 Å². The van der Waals surface area contributed by atoms with Crippen molar-refractivity contribution in [3.63, 3.8) is 0 Å². The second kappa shape index (κ2) is 5.94. The molecule has 0 radical (unpaired) electrons. The van der Waals surface area contributed by atoms with E-state index in [1.165, 1.54) is 16.7 Å². The summed E-state index contributed by atoms with van der Waals surface area (Å²) in [4.78, 5) is 0. The summed E-state index contributed by atoms with van der Waals surface area (Å²) >= 11 is 0. The topological polar surface area (TPSA) is 12.0 Å². The normalized spacial score (nSPS) is 11.3. The summed E-state index contributed by atoms with van der Waals surface area (Å²) in [5, 5.41) is 3.56. The molecule has 0 spiro atoms. The predicted octanol–water partition coefficient (Wildman–Crippen LogP) is 4.20. The average Bonchev–Trinajstić information content (AvgIpc) is 2.59. The molecule has 1 nitrogen and oxygen atoms in total. The van der Waals surface area contributed by atoms with E-state index in [1.807, 2.05) is 7.05 Å². The summed E-state index contributed by atoms with van der Waals surface area (Å²) in [5.41, 5.74) is 3.39. The van der Waals surface area contributed by atoms with E-state index >= 15 is 0 Å². The molecule has 0 aliphatic rings. The van der Waals surface area contributed by atoms with Crippen molar-refractivity contribution in [2.45, 2.75) is 5.54 Å². The van der Waals surface area contributed by atoms with Crippen LogP contribution in [-0.4, -0.2) is 7.05 Å². The first-order valence-electron chi connectivity index (χ1n) is 7.23. The molecule has 104 valence electrons. The van der Waals surface area contributed by atoms with E-state index in [1.54, 1.807) is 0 Å². The molecule has 1 heteroatoms. The van der Waals surface area contributed by atoms with E-state index in [4.69, 9.17) is 0 Å². The lowest BCUT2D eigenvalue weighted by Gasteiger charge is -2.35. The molecule has 21 heavy (non-hydrogen) atoms. The van der Waals surface area contributed by atoms with Gasteiger partial charge in [-0.25, -0.2) is 0 Å². The van der Waals surface area contributed by atoms with E-state index in [-0.39, 0.29) is 5.54 Å². The minimum atomic E-state index is -0.330. The first kappa shape index (κ1) is 13.6. The molecule has 0 unspecified atom stereocenters. The molecule has 0 saturated carbocycles. The fourth-order valence-electron chi connectivity index (χ4n) is 3.00. The van der Waals surface area contributed by atoms with Gasteiger partial charge in [0.05, 0.1) is 5.54 Å². The van der Waals surface area contributed by atoms with E-state index < -0.39 is 0 Å². The molecule has 0 amide bonds. The lowest BCUT2D eigenvalue weighted by molar-refractivity contribution is 0.525. The van der Waals surface area contributed by atoms with Crippen LogP contribution in [0.5, 0.6) is 0 Å². The monoisotopic (exact) mass is 273 g/mol. The van der Waals surface area contributed by atoms with Crippen LogP contribution in [0.2, 0.25) is 0 Å². The first-order valence-corrected chi connectivity index (χ1v) is 7.23. The van der Waals surface area contributed by atoms with E-state index in [0.717, 1.165) is 0 Å². The molecular formula is C20H19N. The van der Waals surface area contributed by atoms with Crippen molar-refractivity contribution in [3.8, 4) is 0 Å². The highest BCUT2D eigenvalue weighted by Crippen LogP contribution is 2.35. The summed E-state index contributed by atoms with van der Waals surface area (Å²) in [7, 11) is 2.02. The fraction of sp³-hybridized carbons (Fsp3) is 0.100. The van der Waals surface area contributed by atoms with E-state index in [2.05, 4.69) is 96.3 Å². The number of rotatable bonds is 4. The number of hydrogen-bond donors (Lipinski definition) is 1. The molecule has 0 fully saturated rings. The number of hydrogen-bond acceptors (Lipinski definition) is 1. The highest BCUT2D eigenvalue weighted by Gasteiger charge is 2.34. The molecule has 3 aromatic carbocycles. The molecule has 0 aliphatic heterocycles. The molecule has 3 aromatic rings.